The summed E-state index contributed by atoms with van der Waals surface area (Å²) >= 11 is 0. The first kappa shape index (κ1) is 47.9. The fourth-order valence-electron chi connectivity index (χ4n) is 6.34. The highest BCUT2D eigenvalue weighted by molar-refractivity contribution is 5.69. The van der Waals surface area contributed by atoms with Crippen molar-refractivity contribution in [2.24, 2.45) is 0 Å². The predicted molar refractivity (Wildman–Crippen MR) is 218 cm³/mol. The minimum Gasteiger partial charge on any atom is -0.481 e. The molecule has 0 aromatic carbocycles. The number of hydrogen-bond donors (Lipinski definition) is 1. The number of carbonyl (C=O) groups is 2. The maximum absolute atomic E-state index is 12.7. The molecule has 0 aliphatic heterocycles. The minimum atomic E-state index is -0.674. The van der Waals surface area contributed by atoms with Crippen molar-refractivity contribution in [3.8, 4) is 0 Å². The van der Waals surface area contributed by atoms with E-state index in [1.807, 2.05) is 0 Å². The first-order valence-corrected chi connectivity index (χ1v) is 21.6. The van der Waals surface area contributed by atoms with Crippen LogP contribution < -0.4 is 0 Å². The smallest absolute Gasteiger partial charge is 0.306 e. The van der Waals surface area contributed by atoms with Crippen LogP contribution in [0.15, 0.2) is 48.6 Å². The average Bonchev–Trinajstić information content (AvgIpc) is 3.10. The van der Waals surface area contributed by atoms with Crippen molar-refractivity contribution in [1.82, 2.24) is 0 Å². The van der Waals surface area contributed by atoms with Crippen molar-refractivity contribution >= 4 is 11.9 Å². The monoisotopic (exact) mass is 699 g/mol. The molecule has 0 rings (SSSR count). The highest BCUT2D eigenvalue weighted by atomic mass is 16.5. The Morgan fingerprint density at radius 3 is 1.24 bits per heavy atom. The first-order valence-electron chi connectivity index (χ1n) is 21.6. The number of carboxylic acids is 1. The van der Waals surface area contributed by atoms with E-state index in [1.165, 1.54) is 116 Å². The molecule has 4 heteroatoms. The molecule has 0 amide bonds. The molecule has 0 aliphatic rings. The van der Waals surface area contributed by atoms with Crippen LogP contribution in [-0.4, -0.2) is 23.1 Å². The Bertz CT molecular complexity index is 839. The van der Waals surface area contributed by atoms with Gasteiger partial charge < -0.3 is 9.84 Å². The van der Waals surface area contributed by atoms with Crippen LogP contribution in [0.5, 0.6) is 0 Å². The van der Waals surface area contributed by atoms with E-state index >= 15 is 0 Å². The van der Waals surface area contributed by atoms with Gasteiger partial charge >= 0.3 is 11.9 Å². The van der Waals surface area contributed by atoms with Crippen LogP contribution in [-0.2, 0) is 14.3 Å². The summed E-state index contributed by atoms with van der Waals surface area (Å²) in [4.78, 5) is 23.3. The summed E-state index contributed by atoms with van der Waals surface area (Å²) in [6, 6.07) is 0. The lowest BCUT2D eigenvalue weighted by Gasteiger charge is -2.18. The third-order valence-electron chi connectivity index (χ3n) is 9.55. The molecule has 0 bridgehead atoms. The zero-order valence-electron chi connectivity index (χ0n) is 33.2. The molecule has 0 aromatic heterocycles. The molecule has 4 nitrogen and oxygen atoms in total. The lowest BCUT2D eigenvalue weighted by molar-refractivity contribution is -0.150. The molecular formula is C46H82O4. The number of carboxylic acid groups (broad SMARTS) is 1. The van der Waals surface area contributed by atoms with Gasteiger partial charge in [0.25, 0.3) is 0 Å². The van der Waals surface area contributed by atoms with E-state index in [1.54, 1.807) is 0 Å². The summed E-state index contributed by atoms with van der Waals surface area (Å²) < 4.78 is 6.04. The molecule has 0 saturated heterocycles. The third-order valence-corrected chi connectivity index (χ3v) is 9.55. The number of allylic oxidation sites excluding steroid dienone is 8. The van der Waals surface area contributed by atoms with Gasteiger partial charge in [0.05, 0.1) is 0 Å². The van der Waals surface area contributed by atoms with Crippen LogP contribution in [0.3, 0.4) is 0 Å². The molecule has 1 unspecified atom stereocenters. The Morgan fingerprint density at radius 2 is 0.780 bits per heavy atom. The number of ether oxygens (including phenoxy) is 1. The molecule has 290 valence electrons. The molecule has 0 fully saturated rings. The van der Waals surface area contributed by atoms with Crippen molar-refractivity contribution < 1.29 is 19.4 Å². The van der Waals surface area contributed by atoms with Crippen molar-refractivity contribution in [1.29, 1.82) is 0 Å². The van der Waals surface area contributed by atoms with Crippen LogP contribution in [0, 0.1) is 0 Å². The van der Waals surface area contributed by atoms with Gasteiger partial charge in [-0.1, -0.05) is 178 Å². The highest BCUT2D eigenvalue weighted by Gasteiger charge is 2.14. The van der Waals surface area contributed by atoms with E-state index in [0.29, 0.717) is 12.8 Å². The fourth-order valence-corrected chi connectivity index (χ4v) is 6.34. The number of aliphatic carboxylic acids is 1. The SMILES string of the molecule is CCCCC/C=C\C/C=C\C/C=C\C/C=C\CCCCCC(=O)OC(CCCCCCCCC)CCCCCCCCCCCCCC(=O)O. The maximum atomic E-state index is 12.7. The average molecular weight is 699 g/mol. The van der Waals surface area contributed by atoms with Crippen LogP contribution in [0.4, 0.5) is 0 Å². The van der Waals surface area contributed by atoms with E-state index in [9.17, 15) is 9.59 Å². The summed E-state index contributed by atoms with van der Waals surface area (Å²) in [5.41, 5.74) is 0. The highest BCUT2D eigenvalue weighted by Crippen LogP contribution is 2.19. The summed E-state index contributed by atoms with van der Waals surface area (Å²) in [5, 5.41) is 8.72. The lowest BCUT2D eigenvalue weighted by atomic mass is 10.0. The number of unbranched alkanes of at least 4 members (excludes halogenated alkanes) is 22. The van der Waals surface area contributed by atoms with Gasteiger partial charge in [0.2, 0.25) is 0 Å². The van der Waals surface area contributed by atoms with Gasteiger partial charge in [-0.25, -0.2) is 0 Å². The molecule has 0 heterocycles. The second-order valence-corrected chi connectivity index (χ2v) is 14.5. The van der Waals surface area contributed by atoms with Gasteiger partial charge in [0.1, 0.15) is 6.10 Å². The Balaban J connectivity index is 4.04. The van der Waals surface area contributed by atoms with Crippen molar-refractivity contribution in [3.05, 3.63) is 48.6 Å². The van der Waals surface area contributed by atoms with E-state index in [4.69, 9.17) is 9.84 Å². The molecule has 0 spiro atoms. The second-order valence-electron chi connectivity index (χ2n) is 14.5. The molecule has 0 radical (unpaired) electrons. The van der Waals surface area contributed by atoms with Gasteiger partial charge in [-0.3, -0.25) is 9.59 Å². The summed E-state index contributed by atoms with van der Waals surface area (Å²) in [6.45, 7) is 4.52. The molecular weight excluding hydrogens is 617 g/mol. The van der Waals surface area contributed by atoms with Crippen LogP contribution in [0.25, 0.3) is 0 Å². The summed E-state index contributed by atoms with van der Waals surface area (Å²) in [7, 11) is 0. The number of esters is 1. The second kappa shape index (κ2) is 41.3. The molecule has 0 aromatic rings. The van der Waals surface area contributed by atoms with Crippen molar-refractivity contribution in [3.63, 3.8) is 0 Å². The Kier molecular flexibility index (Phi) is 39.6. The molecule has 50 heavy (non-hydrogen) atoms. The number of rotatable bonds is 39. The van der Waals surface area contributed by atoms with Crippen molar-refractivity contribution in [2.45, 2.75) is 232 Å². The zero-order chi connectivity index (χ0) is 36.4. The van der Waals surface area contributed by atoms with Crippen LogP contribution >= 0.6 is 0 Å². The van der Waals surface area contributed by atoms with E-state index in [0.717, 1.165) is 83.5 Å². The Morgan fingerprint density at radius 1 is 0.440 bits per heavy atom. The topological polar surface area (TPSA) is 63.6 Å². The summed E-state index contributed by atoms with van der Waals surface area (Å²) in [5.74, 6) is -0.661. The molecule has 0 aliphatic carbocycles. The van der Waals surface area contributed by atoms with Crippen LogP contribution in [0.2, 0.25) is 0 Å². The quantitative estimate of drug-likeness (QED) is 0.0394. The first-order chi connectivity index (χ1) is 24.6. The Hall–Kier alpha value is -2.10. The minimum absolute atomic E-state index is 0.0126. The van der Waals surface area contributed by atoms with Crippen molar-refractivity contribution in [2.75, 3.05) is 0 Å². The molecule has 0 saturated carbocycles. The summed E-state index contributed by atoms with van der Waals surface area (Å²) in [6.07, 6.45) is 55.8. The Labute approximate surface area is 311 Å². The lowest BCUT2D eigenvalue weighted by Crippen LogP contribution is -2.18. The predicted octanol–water partition coefficient (Wildman–Crippen LogP) is 15.1. The maximum Gasteiger partial charge on any atom is 0.306 e. The van der Waals surface area contributed by atoms with Gasteiger partial charge in [-0.15, -0.1) is 0 Å². The van der Waals surface area contributed by atoms with Gasteiger partial charge in [-0.2, -0.15) is 0 Å². The largest absolute Gasteiger partial charge is 0.481 e. The van der Waals surface area contributed by atoms with Crippen LogP contribution in [0.1, 0.15) is 226 Å². The molecule has 1 N–H and O–H groups in total. The van der Waals surface area contributed by atoms with Gasteiger partial charge in [0, 0.05) is 12.8 Å². The van der Waals surface area contributed by atoms with Gasteiger partial charge in [0.15, 0.2) is 0 Å². The fraction of sp³-hybridized carbons (Fsp3) is 0.783. The van der Waals surface area contributed by atoms with E-state index in [-0.39, 0.29) is 12.1 Å². The molecule has 1 atom stereocenters. The zero-order valence-corrected chi connectivity index (χ0v) is 33.2. The normalized spacial score (nSPS) is 12.7. The number of hydrogen-bond acceptors (Lipinski definition) is 3. The standard InChI is InChI=1S/C46H82O4/c1-3-5-7-9-11-12-13-14-15-16-17-18-19-20-24-27-31-35-39-43-46(49)50-44(40-36-32-28-10-8-6-4-2)41-37-33-29-25-22-21-23-26-30-34-38-42-45(47)48/h11-12,14-15,17-18,20,24,44H,3-10,13,16,19,21-23,25-43H2,1-2H3,(H,47,48)/b12-11-,15-14-,18-17-,24-20-. The third kappa shape index (κ3) is 40.3. The van der Waals surface area contributed by atoms with E-state index < -0.39 is 5.97 Å². The number of carbonyl (C=O) groups excluding carboxylic acids is 1. The van der Waals surface area contributed by atoms with Gasteiger partial charge in [-0.05, 0) is 83.5 Å². The van der Waals surface area contributed by atoms with E-state index in [2.05, 4.69) is 62.5 Å².